The van der Waals surface area contributed by atoms with Crippen LogP contribution in [0.4, 0.5) is 5.69 Å². The summed E-state index contributed by atoms with van der Waals surface area (Å²) in [6, 6.07) is 8.81. The molecule has 2 aliphatic rings. The van der Waals surface area contributed by atoms with Crippen LogP contribution in [0.25, 0.3) is 0 Å². The summed E-state index contributed by atoms with van der Waals surface area (Å²) in [6.45, 7) is 4.66. The van der Waals surface area contributed by atoms with E-state index in [2.05, 4.69) is 60.4 Å². The molecule has 1 aromatic rings. The van der Waals surface area contributed by atoms with Gasteiger partial charge in [-0.2, -0.15) is 0 Å². The highest BCUT2D eigenvalue weighted by Crippen LogP contribution is 2.34. The minimum atomic E-state index is 0.298. The summed E-state index contributed by atoms with van der Waals surface area (Å²) in [5, 5.41) is 0. The highest BCUT2D eigenvalue weighted by Gasteiger charge is 2.27. The Bertz CT molecular complexity index is 472. The fourth-order valence-electron chi connectivity index (χ4n) is 2.90. The van der Waals surface area contributed by atoms with Gasteiger partial charge in [0.05, 0.1) is 0 Å². The van der Waals surface area contributed by atoms with E-state index in [4.69, 9.17) is 0 Å². The smallest absolute Gasteiger partial charge is 0.0399 e. The van der Waals surface area contributed by atoms with E-state index >= 15 is 0 Å². The van der Waals surface area contributed by atoms with Gasteiger partial charge in [-0.25, -0.2) is 0 Å². The highest BCUT2D eigenvalue weighted by molar-refractivity contribution is 5.58. The lowest BCUT2D eigenvalue weighted by atomic mass is 9.83. The van der Waals surface area contributed by atoms with Crippen LogP contribution < -0.4 is 4.90 Å². The van der Waals surface area contributed by atoms with Gasteiger partial charge in [0.1, 0.15) is 0 Å². The van der Waals surface area contributed by atoms with E-state index in [0.717, 1.165) is 13.0 Å². The SMILES string of the molecule is CC1(CN2CCc3ccccc32)C=CC=CC1. The third-order valence-electron chi connectivity index (χ3n) is 3.87. The number of fused-ring (bicyclic) bond motifs is 1. The molecule has 0 amide bonds. The van der Waals surface area contributed by atoms with Gasteiger partial charge in [0, 0.05) is 24.2 Å². The van der Waals surface area contributed by atoms with E-state index in [1.165, 1.54) is 24.2 Å². The Morgan fingerprint density at radius 1 is 1.24 bits per heavy atom. The van der Waals surface area contributed by atoms with E-state index in [-0.39, 0.29) is 0 Å². The standard InChI is InChI=1S/C16H19N/c1-16(10-5-2-6-11-16)13-17-12-9-14-7-3-4-8-15(14)17/h2-8,10H,9,11-13H2,1H3. The Labute approximate surface area is 103 Å². The van der Waals surface area contributed by atoms with Crippen LogP contribution in [0.5, 0.6) is 0 Å². The number of rotatable bonds is 2. The van der Waals surface area contributed by atoms with Gasteiger partial charge in [-0.05, 0) is 24.5 Å². The van der Waals surface area contributed by atoms with Gasteiger partial charge in [-0.1, -0.05) is 49.4 Å². The number of allylic oxidation sites excluding steroid dienone is 3. The maximum absolute atomic E-state index is 2.54. The molecule has 0 spiro atoms. The Kier molecular flexibility index (Phi) is 2.54. The van der Waals surface area contributed by atoms with Crippen LogP contribution in [0.1, 0.15) is 18.9 Å². The van der Waals surface area contributed by atoms with E-state index in [0.29, 0.717) is 5.41 Å². The molecule has 0 fully saturated rings. The third kappa shape index (κ3) is 2.02. The van der Waals surface area contributed by atoms with Crippen LogP contribution in [0, 0.1) is 5.41 Å². The van der Waals surface area contributed by atoms with Gasteiger partial charge in [0.2, 0.25) is 0 Å². The quantitative estimate of drug-likeness (QED) is 0.743. The number of benzene rings is 1. The Morgan fingerprint density at radius 3 is 2.94 bits per heavy atom. The second kappa shape index (κ2) is 4.06. The van der Waals surface area contributed by atoms with E-state index in [9.17, 15) is 0 Å². The molecule has 0 saturated heterocycles. The second-order valence-electron chi connectivity index (χ2n) is 5.45. The van der Waals surface area contributed by atoms with Crippen LogP contribution in [-0.2, 0) is 6.42 Å². The first-order valence-corrected chi connectivity index (χ1v) is 6.44. The average molecular weight is 225 g/mol. The summed E-state index contributed by atoms with van der Waals surface area (Å²) in [6.07, 6.45) is 11.3. The van der Waals surface area contributed by atoms with Crippen molar-refractivity contribution >= 4 is 5.69 Å². The highest BCUT2D eigenvalue weighted by atomic mass is 15.2. The zero-order valence-electron chi connectivity index (χ0n) is 10.4. The molecular weight excluding hydrogens is 206 g/mol. The fourth-order valence-corrected chi connectivity index (χ4v) is 2.90. The predicted molar refractivity (Wildman–Crippen MR) is 73.4 cm³/mol. The first kappa shape index (κ1) is 10.6. The lowest BCUT2D eigenvalue weighted by Gasteiger charge is -2.33. The molecule has 0 radical (unpaired) electrons. The van der Waals surface area contributed by atoms with Crippen molar-refractivity contribution in [3.8, 4) is 0 Å². The first-order valence-electron chi connectivity index (χ1n) is 6.44. The summed E-state index contributed by atoms with van der Waals surface area (Å²) in [7, 11) is 0. The van der Waals surface area contributed by atoms with Crippen molar-refractivity contribution in [1.29, 1.82) is 0 Å². The lowest BCUT2D eigenvalue weighted by molar-refractivity contribution is 0.428. The van der Waals surface area contributed by atoms with E-state index in [1.807, 2.05) is 0 Å². The number of hydrogen-bond donors (Lipinski definition) is 0. The number of anilines is 1. The number of hydrogen-bond acceptors (Lipinski definition) is 1. The van der Waals surface area contributed by atoms with Gasteiger partial charge >= 0.3 is 0 Å². The van der Waals surface area contributed by atoms with E-state index < -0.39 is 0 Å². The molecule has 1 heterocycles. The molecule has 1 aromatic carbocycles. The summed E-state index contributed by atoms with van der Waals surface area (Å²) in [5.74, 6) is 0. The molecule has 1 nitrogen and oxygen atoms in total. The Balaban J connectivity index is 1.80. The molecule has 0 bridgehead atoms. The molecule has 88 valence electrons. The molecule has 1 unspecified atom stereocenters. The van der Waals surface area contributed by atoms with Gasteiger partial charge < -0.3 is 4.90 Å². The average Bonchev–Trinajstić information content (AvgIpc) is 2.73. The molecule has 1 aliphatic carbocycles. The molecule has 0 N–H and O–H groups in total. The van der Waals surface area contributed by atoms with Gasteiger partial charge in [-0.3, -0.25) is 0 Å². The first-order chi connectivity index (χ1) is 8.27. The van der Waals surface area contributed by atoms with Crippen LogP contribution in [-0.4, -0.2) is 13.1 Å². The maximum Gasteiger partial charge on any atom is 0.0399 e. The predicted octanol–water partition coefficient (Wildman–Crippen LogP) is 3.57. The normalized spacial score (nSPS) is 26.3. The van der Waals surface area contributed by atoms with Crippen molar-refractivity contribution in [2.75, 3.05) is 18.0 Å². The van der Waals surface area contributed by atoms with Crippen molar-refractivity contribution in [3.63, 3.8) is 0 Å². The fraction of sp³-hybridized carbons (Fsp3) is 0.375. The molecule has 1 heteroatoms. The van der Waals surface area contributed by atoms with Crippen LogP contribution in [0.3, 0.4) is 0 Å². The van der Waals surface area contributed by atoms with E-state index in [1.54, 1.807) is 0 Å². The van der Waals surface area contributed by atoms with Crippen molar-refractivity contribution in [2.45, 2.75) is 19.8 Å². The van der Waals surface area contributed by atoms with Crippen molar-refractivity contribution in [2.24, 2.45) is 5.41 Å². The van der Waals surface area contributed by atoms with Crippen LogP contribution in [0.2, 0.25) is 0 Å². The molecule has 0 aromatic heterocycles. The van der Waals surface area contributed by atoms with Crippen molar-refractivity contribution in [1.82, 2.24) is 0 Å². The van der Waals surface area contributed by atoms with Gasteiger partial charge in [0.25, 0.3) is 0 Å². The molecule has 1 atom stereocenters. The molecule has 3 rings (SSSR count). The molecular formula is C16H19N. The topological polar surface area (TPSA) is 3.24 Å². The number of para-hydroxylation sites is 1. The summed E-state index contributed by atoms with van der Waals surface area (Å²) in [4.78, 5) is 2.54. The summed E-state index contributed by atoms with van der Waals surface area (Å²) < 4.78 is 0. The zero-order valence-corrected chi connectivity index (χ0v) is 10.4. The van der Waals surface area contributed by atoms with Crippen LogP contribution >= 0.6 is 0 Å². The minimum absolute atomic E-state index is 0.298. The monoisotopic (exact) mass is 225 g/mol. The van der Waals surface area contributed by atoms with Crippen LogP contribution in [0.15, 0.2) is 48.6 Å². The maximum atomic E-state index is 2.54. The molecule has 1 aliphatic heterocycles. The molecule has 0 saturated carbocycles. The summed E-state index contributed by atoms with van der Waals surface area (Å²) in [5.41, 5.74) is 3.25. The number of nitrogens with zero attached hydrogens (tertiary/aromatic N) is 1. The lowest BCUT2D eigenvalue weighted by Crippen LogP contribution is -2.34. The molecule has 17 heavy (non-hydrogen) atoms. The summed E-state index contributed by atoms with van der Waals surface area (Å²) >= 11 is 0. The largest absolute Gasteiger partial charge is 0.370 e. The van der Waals surface area contributed by atoms with Gasteiger partial charge in [0.15, 0.2) is 0 Å². The third-order valence-corrected chi connectivity index (χ3v) is 3.87. The minimum Gasteiger partial charge on any atom is -0.370 e. The Morgan fingerprint density at radius 2 is 2.12 bits per heavy atom. The Hall–Kier alpha value is -1.50. The van der Waals surface area contributed by atoms with Gasteiger partial charge in [-0.15, -0.1) is 0 Å². The second-order valence-corrected chi connectivity index (χ2v) is 5.45. The van der Waals surface area contributed by atoms with Crippen molar-refractivity contribution in [3.05, 3.63) is 54.1 Å². The van der Waals surface area contributed by atoms with Crippen molar-refractivity contribution < 1.29 is 0 Å². The zero-order chi connectivity index (χ0) is 11.7.